The normalized spacial score (nSPS) is 20.2. The smallest absolute Gasteiger partial charge is 0.370 e. The first-order valence-electron chi connectivity index (χ1n) is 8.73. The van der Waals surface area contributed by atoms with Gasteiger partial charge in [0.1, 0.15) is 0 Å². The van der Waals surface area contributed by atoms with E-state index < -0.39 is 12.7 Å². The number of nitrogens with zero attached hydrogens (tertiary/aromatic N) is 2. The largest absolute Gasteiger partial charge is 0.401 e. The van der Waals surface area contributed by atoms with Crippen LogP contribution in [0.2, 0.25) is 0 Å². The van der Waals surface area contributed by atoms with E-state index in [4.69, 9.17) is 5.73 Å². The van der Waals surface area contributed by atoms with Crippen LogP contribution in [0.15, 0.2) is 4.99 Å². The molecule has 0 aromatic heterocycles. The Hall–Kier alpha value is -0.980. The zero-order valence-corrected chi connectivity index (χ0v) is 14.2. The van der Waals surface area contributed by atoms with E-state index in [-0.39, 0.29) is 5.92 Å². The van der Waals surface area contributed by atoms with Crippen LogP contribution in [0.4, 0.5) is 13.2 Å². The van der Waals surface area contributed by atoms with E-state index in [9.17, 15) is 13.2 Å². The molecule has 136 valence electrons. The highest BCUT2D eigenvalue weighted by Gasteiger charge is 2.34. The van der Waals surface area contributed by atoms with Crippen molar-refractivity contribution in [3.05, 3.63) is 0 Å². The summed E-state index contributed by atoms with van der Waals surface area (Å²) in [6.07, 6.45) is 3.99. The summed E-state index contributed by atoms with van der Waals surface area (Å²) in [6.45, 7) is 3.64. The van der Waals surface area contributed by atoms with Crippen LogP contribution in [0.3, 0.4) is 0 Å². The first kappa shape index (κ1) is 20.1. The highest BCUT2D eigenvalue weighted by molar-refractivity contribution is 5.77. The number of alkyl halides is 3. The van der Waals surface area contributed by atoms with Gasteiger partial charge in [0, 0.05) is 19.6 Å². The lowest BCUT2D eigenvalue weighted by molar-refractivity contribution is -0.143. The van der Waals surface area contributed by atoms with Crippen LogP contribution < -0.4 is 11.1 Å². The molecule has 1 heterocycles. The van der Waals surface area contributed by atoms with Crippen molar-refractivity contribution in [3.63, 3.8) is 0 Å². The number of hydrogen-bond acceptors (Lipinski definition) is 2. The maximum atomic E-state index is 12.3. The fourth-order valence-electron chi connectivity index (χ4n) is 2.86. The number of aliphatic imine (C=N–C) groups is 1. The van der Waals surface area contributed by atoms with Gasteiger partial charge in [0.2, 0.25) is 0 Å². The SMILES string of the molecule is CCCCCCCCNC(N)=NCC1CCN(CC(F)(F)F)C1. The predicted octanol–water partition coefficient (Wildman–Crippen LogP) is 3.14. The van der Waals surface area contributed by atoms with Crippen LogP contribution >= 0.6 is 0 Å². The molecule has 7 heteroatoms. The predicted molar refractivity (Wildman–Crippen MR) is 88.5 cm³/mol. The van der Waals surface area contributed by atoms with Gasteiger partial charge in [-0.15, -0.1) is 0 Å². The summed E-state index contributed by atoms with van der Waals surface area (Å²) in [7, 11) is 0. The quantitative estimate of drug-likeness (QED) is 0.366. The number of nitrogens with two attached hydrogens (primary N) is 1. The van der Waals surface area contributed by atoms with E-state index in [0.29, 0.717) is 25.6 Å². The Balaban J connectivity index is 2.08. The van der Waals surface area contributed by atoms with Gasteiger partial charge in [-0.3, -0.25) is 9.89 Å². The number of hydrogen-bond donors (Lipinski definition) is 2. The summed E-state index contributed by atoms with van der Waals surface area (Å²) in [5.41, 5.74) is 5.80. The van der Waals surface area contributed by atoms with E-state index in [0.717, 1.165) is 19.4 Å². The summed E-state index contributed by atoms with van der Waals surface area (Å²) in [6, 6.07) is 0. The molecule has 0 radical (unpaired) electrons. The zero-order chi connectivity index (χ0) is 17.1. The van der Waals surface area contributed by atoms with Crippen LogP contribution in [0.25, 0.3) is 0 Å². The standard InChI is InChI=1S/C16H31F3N4/c1-2-3-4-5-6-7-9-21-15(20)22-11-14-8-10-23(12-14)13-16(17,18)19/h14H,2-13H2,1H3,(H3,20,21,22). The monoisotopic (exact) mass is 336 g/mol. The number of unbranched alkanes of at least 4 members (excludes halogenated alkanes) is 5. The van der Waals surface area contributed by atoms with Crippen LogP contribution in [-0.4, -0.2) is 49.8 Å². The van der Waals surface area contributed by atoms with Crippen molar-refractivity contribution >= 4 is 5.96 Å². The molecule has 0 bridgehead atoms. The molecule has 0 saturated carbocycles. The van der Waals surface area contributed by atoms with Gasteiger partial charge < -0.3 is 11.1 Å². The van der Waals surface area contributed by atoms with Crippen molar-refractivity contribution in [2.24, 2.45) is 16.6 Å². The molecule has 3 N–H and O–H groups in total. The molecule has 1 unspecified atom stereocenters. The molecule has 1 aliphatic heterocycles. The van der Waals surface area contributed by atoms with Crippen molar-refractivity contribution < 1.29 is 13.2 Å². The molecular formula is C16H31F3N4. The van der Waals surface area contributed by atoms with Crippen LogP contribution in [0.1, 0.15) is 51.9 Å². The first-order valence-corrected chi connectivity index (χ1v) is 8.73. The molecule has 1 aliphatic rings. The molecule has 0 spiro atoms. The van der Waals surface area contributed by atoms with E-state index in [2.05, 4.69) is 17.2 Å². The van der Waals surface area contributed by atoms with Crippen molar-refractivity contribution in [2.45, 2.75) is 58.0 Å². The Bertz CT molecular complexity index is 345. The molecule has 23 heavy (non-hydrogen) atoms. The van der Waals surface area contributed by atoms with Crippen molar-refractivity contribution in [2.75, 3.05) is 32.7 Å². The van der Waals surface area contributed by atoms with Crippen LogP contribution in [0, 0.1) is 5.92 Å². The van der Waals surface area contributed by atoms with Crippen LogP contribution in [0.5, 0.6) is 0 Å². The molecule has 0 aliphatic carbocycles. The highest BCUT2D eigenvalue weighted by Crippen LogP contribution is 2.22. The molecular weight excluding hydrogens is 305 g/mol. The molecule has 4 nitrogen and oxygen atoms in total. The third-order valence-electron chi connectivity index (χ3n) is 4.13. The molecule has 0 aromatic rings. The minimum atomic E-state index is -4.12. The average Bonchev–Trinajstić information content (AvgIpc) is 2.89. The van der Waals surface area contributed by atoms with Gasteiger partial charge in [0.15, 0.2) is 5.96 Å². The highest BCUT2D eigenvalue weighted by atomic mass is 19.4. The Labute approximate surface area is 137 Å². The lowest BCUT2D eigenvalue weighted by Crippen LogP contribution is -2.34. The molecule has 1 atom stereocenters. The summed E-state index contributed by atoms with van der Waals surface area (Å²) < 4.78 is 37.0. The fourth-order valence-corrected chi connectivity index (χ4v) is 2.86. The number of halogens is 3. The van der Waals surface area contributed by atoms with Gasteiger partial charge in [-0.25, -0.2) is 0 Å². The maximum absolute atomic E-state index is 12.3. The number of nitrogens with one attached hydrogen (secondary N) is 1. The maximum Gasteiger partial charge on any atom is 0.401 e. The summed E-state index contributed by atoms with van der Waals surface area (Å²) in [4.78, 5) is 5.70. The lowest BCUT2D eigenvalue weighted by atomic mass is 10.1. The number of likely N-dealkylation sites (tertiary alicyclic amines) is 1. The van der Waals surface area contributed by atoms with Gasteiger partial charge in [-0.1, -0.05) is 39.0 Å². The lowest BCUT2D eigenvalue weighted by Gasteiger charge is -2.17. The minimum absolute atomic E-state index is 0.173. The van der Waals surface area contributed by atoms with E-state index in [1.807, 2.05) is 0 Å². The van der Waals surface area contributed by atoms with Gasteiger partial charge in [-0.2, -0.15) is 13.2 Å². The summed E-state index contributed by atoms with van der Waals surface area (Å²) in [5, 5.41) is 3.08. The molecule has 1 rings (SSSR count). The molecule has 0 amide bonds. The Morgan fingerprint density at radius 2 is 1.91 bits per heavy atom. The molecule has 1 fully saturated rings. The summed E-state index contributed by atoms with van der Waals surface area (Å²) >= 11 is 0. The van der Waals surface area contributed by atoms with Gasteiger partial charge in [-0.05, 0) is 25.3 Å². The number of guanidine groups is 1. The van der Waals surface area contributed by atoms with E-state index in [1.54, 1.807) is 0 Å². The number of rotatable bonds is 10. The zero-order valence-electron chi connectivity index (χ0n) is 14.2. The second-order valence-corrected chi connectivity index (χ2v) is 6.43. The molecule has 1 saturated heterocycles. The Morgan fingerprint density at radius 1 is 1.22 bits per heavy atom. The van der Waals surface area contributed by atoms with Crippen molar-refractivity contribution in [1.29, 1.82) is 0 Å². The summed E-state index contributed by atoms with van der Waals surface area (Å²) in [5.74, 6) is 0.583. The first-order chi connectivity index (χ1) is 10.9. The van der Waals surface area contributed by atoms with E-state index in [1.165, 1.54) is 37.0 Å². The topological polar surface area (TPSA) is 53.6 Å². The average molecular weight is 336 g/mol. The van der Waals surface area contributed by atoms with Crippen molar-refractivity contribution in [1.82, 2.24) is 10.2 Å². The van der Waals surface area contributed by atoms with Crippen molar-refractivity contribution in [3.8, 4) is 0 Å². The second-order valence-electron chi connectivity index (χ2n) is 6.43. The van der Waals surface area contributed by atoms with Gasteiger partial charge in [0.25, 0.3) is 0 Å². The Morgan fingerprint density at radius 3 is 2.61 bits per heavy atom. The van der Waals surface area contributed by atoms with Gasteiger partial charge in [0.05, 0.1) is 6.54 Å². The van der Waals surface area contributed by atoms with Crippen LogP contribution in [-0.2, 0) is 0 Å². The second kappa shape index (κ2) is 10.7. The van der Waals surface area contributed by atoms with Gasteiger partial charge >= 0.3 is 6.18 Å². The third-order valence-corrected chi connectivity index (χ3v) is 4.13. The molecule has 0 aromatic carbocycles. The van der Waals surface area contributed by atoms with E-state index >= 15 is 0 Å². The third kappa shape index (κ3) is 10.4. The Kier molecular flexibility index (Phi) is 9.36. The minimum Gasteiger partial charge on any atom is -0.370 e. The fraction of sp³-hybridized carbons (Fsp3) is 0.938.